The van der Waals surface area contributed by atoms with Crippen molar-refractivity contribution in [3.05, 3.63) is 46.2 Å². The first kappa shape index (κ1) is 11.5. The molecule has 0 saturated carbocycles. The second kappa shape index (κ2) is 4.92. The Morgan fingerprint density at radius 3 is 3.00 bits per heavy atom. The number of nitrogens with one attached hydrogen (secondary N) is 2. The Balaban J connectivity index is 2.22. The van der Waals surface area contributed by atoms with E-state index in [0.717, 1.165) is 5.69 Å². The predicted octanol–water partition coefficient (Wildman–Crippen LogP) is 1.20. The monoisotopic (exact) mass is 244 g/mol. The van der Waals surface area contributed by atoms with Crippen LogP contribution >= 0.6 is 0 Å². The molecule has 2 N–H and O–H groups in total. The standard InChI is InChI=1S/C10H8N6O2/c11-2-7-1-9(16(17)18)10(13-3-7)14-5-8-4-12-6-15-8/h1,3-4,6H,5H2,(H,12,15)(H,13,14). The average Bonchev–Trinajstić information content (AvgIpc) is 2.89. The van der Waals surface area contributed by atoms with Crippen LogP contribution in [-0.4, -0.2) is 19.9 Å². The van der Waals surface area contributed by atoms with Gasteiger partial charge in [0.25, 0.3) is 0 Å². The van der Waals surface area contributed by atoms with Gasteiger partial charge in [-0.25, -0.2) is 9.97 Å². The predicted molar refractivity (Wildman–Crippen MR) is 61.5 cm³/mol. The van der Waals surface area contributed by atoms with Crippen LogP contribution in [0, 0.1) is 21.4 Å². The van der Waals surface area contributed by atoms with Gasteiger partial charge in [0, 0.05) is 18.5 Å². The lowest BCUT2D eigenvalue weighted by Gasteiger charge is -2.04. The highest BCUT2D eigenvalue weighted by Gasteiger charge is 2.16. The van der Waals surface area contributed by atoms with E-state index >= 15 is 0 Å². The van der Waals surface area contributed by atoms with Crippen molar-refractivity contribution in [3.63, 3.8) is 0 Å². The molecule has 8 nitrogen and oxygen atoms in total. The molecule has 2 rings (SSSR count). The molecule has 0 fully saturated rings. The lowest BCUT2D eigenvalue weighted by atomic mass is 10.2. The molecule has 0 unspecified atom stereocenters. The van der Waals surface area contributed by atoms with Gasteiger partial charge in [-0.15, -0.1) is 0 Å². The molecule has 0 amide bonds. The summed E-state index contributed by atoms with van der Waals surface area (Å²) in [5.74, 6) is 0.119. The molecule has 0 bridgehead atoms. The van der Waals surface area contributed by atoms with Gasteiger partial charge in [0.1, 0.15) is 6.07 Å². The number of H-pyrrole nitrogens is 1. The molecule has 2 heterocycles. The molecule has 0 aliphatic carbocycles. The largest absolute Gasteiger partial charge is 0.359 e. The number of hydrogen-bond acceptors (Lipinski definition) is 6. The fraction of sp³-hybridized carbons (Fsp3) is 0.100. The third kappa shape index (κ3) is 2.41. The molecule has 0 aliphatic heterocycles. The zero-order valence-electron chi connectivity index (χ0n) is 9.12. The maximum atomic E-state index is 10.8. The lowest BCUT2D eigenvalue weighted by Crippen LogP contribution is -2.05. The minimum absolute atomic E-state index is 0.119. The highest BCUT2D eigenvalue weighted by Crippen LogP contribution is 2.22. The molecule has 0 aliphatic rings. The fourth-order valence-electron chi connectivity index (χ4n) is 1.35. The van der Waals surface area contributed by atoms with Gasteiger partial charge in [-0.1, -0.05) is 0 Å². The number of anilines is 1. The summed E-state index contributed by atoms with van der Waals surface area (Å²) in [7, 11) is 0. The first-order valence-corrected chi connectivity index (χ1v) is 4.96. The molecule has 90 valence electrons. The van der Waals surface area contributed by atoms with Gasteiger partial charge in [0.2, 0.25) is 5.82 Å². The van der Waals surface area contributed by atoms with Crippen LogP contribution in [0.1, 0.15) is 11.3 Å². The third-order valence-electron chi connectivity index (χ3n) is 2.19. The molecule has 0 saturated heterocycles. The minimum atomic E-state index is -0.580. The topological polar surface area (TPSA) is 121 Å². The Kier molecular flexibility index (Phi) is 3.15. The number of imidazole rings is 1. The molecule has 0 spiro atoms. The second-order valence-corrected chi connectivity index (χ2v) is 3.39. The number of nitro groups is 1. The summed E-state index contributed by atoms with van der Waals surface area (Å²) in [6.45, 7) is 0.333. The quantitative estimate of drug-likeness (QED) is 0.615. The molecule has 18 heavy (non-hydrogen) atoms. The molecular weight excluding hydrogens is 236 g/mol. The summed E-state index contributed by atoms with van der Waals surface area (Å²) in [6, 6.07) is 2.99. The van der Waals surface area contributed by atoms with Crippen LogP contribution in [0.2, 0.25) is 0 Å². The number of nitrogens with zero attached hydrogens (tertiary/aromatic N) is 4. The second-order valence-electron chi connectivity index (χ2n) is 3.39. The third-order valence-corrected chi connectivity index (χ3v) is 2.19. The minimum Gasteiger partial charge on any atom is -0.359 e. The van der Waals surface area contributed by atoms with Crippen LogP contribution < -0.4 is 5.32 Å². The zero-order chi connectivity index (χ0) is 13.0. The normalized spacial score (nSPS) is 9.72. The van der Waals surface area contributed by atoms with Crippen LogP contribution in [0.5, 0.6) is 0 Å². The van der Waals surface area contributed by atoms with Crippen molar-refractivity contribution in [3.8, 4) is 6.07 Å². The number of hydrogen-bond donors (Lipinski definition) is 2. The van der Waals surface area contributed by atoms with E-state index in [4.69, 9.17) is 5.26 Å². The highest BCUT2D eigenvalue weighted by atomic mass is 16.6. The van der Waals surface area contributed by atoms with E-state index in [2.05, 4.69) is 20.3 Å². The van der Waals surface area contributed by atoms with Gasteiger partial charge >= 0.3 is 5.69 Å². The van der Waals surface area contributed by atoms with Gasteiger partial charge in [-0.2, -0.15) is 5.26 Å². The first-order chi connectivity index (χ1) is 8.70. The van der Waals surface area contributed by atoms with Crippen molar-refractivity contribution < 1.29 is 4.92 Å². The van der Waals surface area contributed by atoms with E-state index in [9.17, 15) is 10.1 Å². The number of aromatic amines is 1. The number of aromatic nitrogens is 3. The zero-order valence-corrected chi connectivity index (χ0v) is 9.12. The summed E-state index contributed by atoms with van der Waals surface area (Å²) < 4.78 is 0. The number of pyridine rings is 1. The number of nitriles is 1. The maximum Gasteiger partial charge on any atom is 0.312 e. The van der Waals surface area contributed by atoms with Crippen LogP contribution in [0.25, 0.3) is 0 Å². The van der Waals surface area contributed by atoms with Gasteiger partial charge in [-0.05, 0) is 0 Å². The van der Waals surface area contributed by atoms with Crippen molar-refractivity contribution in [2.45, 2.75) is 6.54 Å². The molecule has 2 aromatic heterocycles. The smallest absolute Gasteiger partial charge is 0.312 e. The Morgan fingerprint density at radius 1 is 1.56 bits per heavy atom. The molecule has 0 aromatic carbocycles. The molecule has 2 aromatic rings. The summed E-state index contributed by atoms with van der Waals surface area (Å²) in [5, 5.41) is 22.3. The van der Waals surface area contributed by atoms with Crippen molar-refractivity contribution in [1.29, 1.82) is 5.26 Å². The van der Waals surface area contributed by atoms with Gasteiger partial charge < -0.3 is 10.3 Å². The Labute approximate surface area is 101 Å². The van der Waals surface area contributed by atoms with Crippen LogP contribution in [0.4, 0.5) is 11.5 Å². The van der Waals surface area contributed by atoms with Crippen molar-refractivity contribution in [2.24, 2.45) is 0 Å². The van der Waals surface area contributed by atoms with E-state index in [-0.39, 0.29) is 17.1 Å². The van der Waals surface area contributed by atoms with Gasteiger partial charge in [-0.3, -0.25) is 10.1 Å². The summed E-state index contributed by atoms with van der Waals surface area (Å²) in [6.07, 6.45) is 4.39. The fourth-order valence-corrected chi connectivity index (χ4v) is 1.35. The van der Waals surface area contributed by atoms with Crippen LogP contribution in [0.3, 0.4) is 0 Å². The summed E-state index contributed by atoms with van der Waals surface area (Å²) in [5.41, 5.74) is 0.692. The Bertz CT molecular complexity index is 601. The van der Waals surface area contributed by atoms with Crippen LogP contribution in [0.15, 0.2) is 24.8 Å². The van der Waals surface area contributed by atoms with E-state index in [1.807, 2.05) is 6.07 Å². The van der Waals surface area contributed by atoms with E-state index in [1.54, 1.807) is 6.20 Å². The SMILES string of the molecule is N#Cc1cnc(NCc2cnc[nH]2)c([N+](=O)[O-])c1. The van der Waals surface area contributed by atoms with E-state index in [0.29, 0.717) is 6.54 Å². The average molecular weight is 244 g/mol. The molecule has 0 radical (unpaired) electrons. The summed E-state index contributed by atoms with van der Waals surface area (Å²) in [4.78, 5) is 20.8. The number of rotatable bonds is 4. The van der Waals surface area contributed by atoms with Crippen LogP contribution in [-0.2, 0) is 6.54 Å². The maximum absolute atomic E-state index is 10.8. The van der Waals surface area contributed by atoms with Crippen molar-refractivity contribution in [1.82, 2.24) is 15.0 Å². The molecule has 8 heteroatoms. The molecular formula is C10H8N6O2. The first-order valence-electron chi connectivity index (χ1n) is 4.96. The van der Waals surface area contributed by atoms with Gasteiger partial charge in [0.15, 0.2) is 0 Å². The van der Waals surface area contributed by atoms with E-state index < -0.39 is 4.92 Å². The highest BCUT2D eigenvalue weighted by molar-refractivity contribution is 5.58. The Morgan fingerprint density at radius 2 is 2.39 bits per heavy atom. The van der Waals surface area contributed by atoms with Crippen molar-refractivity contribution >= 4 is 11.5 Å². The van der Waals surface area contributed by atoms with E-state index in [1.165, 1.54) is 18.6 Å². The lowest BCUT2D eigenvalue weighted by molar-refractivity contribution is -0.384. The summed E-state index contributed by atoms with van der Waals surface area (Å²) >= 11 is 0. The molecule has 0 atom stereocenters. The van der Waals surface area contributed by atoms with Crippen molar-refractivity contribution in [2.75, 3.05) is 5.32 Å². The van der Waals surface area contributed by atoms with Gasteiger partial charge in [0.05, 0.1) is 29.1 Å². The Hall–Kier alpha value is -2.95.